The van der Waals surface area contributed by atoms with E-state index in [1.54, 1.807) is 12.1 Å². The van der Waals surface area contributed by atoms with Crippen molar-refractivity contribution in [2.45, 2.75) is 109 Å². The van der Waals surface area contributed by atoms with E-state index in [4.69, 9.17) is 4.18 Å². The van der Waals surface area contributed by atoms with Crippen molar-refractivity contribution in [2.75, 3.05) is 0 Å². The Labute approximate surface area is 325 Å². The number of fused-ring (bicyclic) bond motifs is 1. The van der Waals surface area contributed by atoms with E-state index in [9.17, 15) is 34.8 Å². The molecule has 11 rings (SSSR count). The fraction of sp³-hybridized carbons (Fsp3) is 0.575. The number of benzene rings is 3. The molecular weight excluding hydrogens is 798 g/mol. The smallest absolute Gasteiger partial charge is 0.432 e. The van der Waals surface area contributed by atoms with Gasteiger partial charge in [-0.2, -0.15) is 22.0 Å². The third kappa shape index (κ3) is 6.81. The van der Waals surface area contributed by atoms with Gasteiger partial charge in [0.1, 0.15) is 10.5 Å². The largest absolute Gasteiger partial charge is 0.444 e. The first kappa shape index (κ1) is 38.6. The molecule has 3 aromatic rings. The van der Waals surface area contributed by atoms with Gasteiger partial charge in [-0.25, -0.2) is 16.8 Å². The second kappa shape index (κ2) is 13.3. The van der Waals surface area contributed by atoms with E-state index in [1.165, 1.54) is 31.4 Å². The SMILES string of the molecule is O=C(OC(C(F)(F)F)C(F)(F)S(=O)(=O)[N-]S(=O)(=O)Oc1ccc([S+](c2ccc3ccccc3c2)C23CC4CC(CC(C4)C2)C3)cc1)C12CC3CC(CC(C3)C1)C2. The topological polar surface area (TPSA) is 118 Å². The van der Waals surface area contributed by atoms with E-state index >= 15 is 8.78 Å². The zero-order valence-corrected chi connectivity index (χ0v) is 32.7. The van der Waals surface area contributed by atoms with Crippen LogP contribution >= 0.6 is 0 Å². The van der Waals surface area contributed by atoms with Gasteiger partial charge in [0, 0.05) is 25.3 Å². The summed E-state index contributed by atoms with van der Waals surface area (Å²) < 4.78 is 136. The third-order valence-corrected chi connectivity index (χ3v) is 19.1. The summed E-state index contributed by atoms with van der Waals surface area (Å²) in [5.41, 5.74) is -1.43. The Balaban J connectivity index is 0.949. The van der Waals surface area contributed by atoms with Crippen molar-refractivity contribution in [1.82, 2.24) is 0 Å². The van der Waals surface area contributed by atoms with E-state index in [-0.39, 0.29) is 41.8 Å². The van der Waals surface area contributed by atoms with Gasteiger partial charge in [-0.1, -0.05) is 24.3 Å². The fourth-order valence-corrected chi connectivity index (χ4v) is 17.8. The van der Waals surface area contributed by atoms with Crippen LogP contribution in [0.25, 0.3) is 14.9 Å². The van der Waals surface area contributed by atoms with Gasteiger partial charge in [0.25, 0.3) is 6.10 Å². The highest BCUT2D eigenvalue weighted by molar-refractivity contribution is 8.10. The second-order valence-electron chi connectivity index (χ2n) is 17.5. The molecule has 0 aromatic heterocycles. The summed E-state index contributed by atoms with van der Waals surface area (Å²) in [5, 5.41) is -3.82. The number of esters is 1. The maximum Gasteiger partial charge on any atom is 0.432 e. The first-order valence-corrected chi connectivity index (χ1v) is 23.3. The molecular formula is C40H42F5NO7S3. The molecule has 0 aliphatic heterocycles. The molecule has 3 aromatic carbocycles. The molecule has 8 nitrogen and oxygen atoms in total. The number of carbonyl (C=O) groups is 1. The molecule has 56 heavy (non-hydrogen) atoms. The van der Waals surface area contributed by atoms with Crippen LogP contribution in [0.15, 0.2) is 76.5 Å². The van der Waals surface area contributed by atoms with Crippen LogP contribution in [0.3, 0.4) is 0 Å². The number of rotatable bonds is 11. The van der Waals surface area contributed by atoms with Crippen molar-refractivity contribution in [1.29, 1.82) is 0 Å². The minimum Gasteiger partial charge on any atom is -0.444 e. The van der Waals surface area contributed by atoms with Crippen molar-refractivity contribution >= 4 is 48.0 Å². The third-order valence-electron chi connectivity index (χ3n) is 13.5. The molecule has 2 unspecified atom stereocenters. The minimum absolute atomic E-state index is 0.0190. The predicted molar refractivity (Wildman–Crippen MR) is 199 cm³/mol. The second-order valence-corrected chi connectivity index (χ2v) is 23.1. The zero-order chi connectivity index (χ0) is 39.5. The zero-order valence-electron chi connectivity index (χ0n) is 30.3. The Morgan fingerprint density at radius 2 is 1.16 bits per heavy atom. The highest BCUT2D eigenvalue weighted by Crippen LogP contribution is 2.62. The average molecular weight is 840 g/mol. The normalized spacial score (nSPS) is 33.4. The number of ether oxygens (including phenoxy) is 1. The Hall–Kier alpha value is -2.95. The quantitative estimate of drug-likeness (QED) is 0.107. The Morgan fingerprint density at radius 3 is 1.68 bits per heavy atom. The summed E-state index contributed by atoms with van der Waals surface area (Å²) in [7, 11) is -13.1. The van der Waals surface area contributed by atoms with Crippen LogP contribution in [0.5, 0.6) is 5.75 Å². The lowest BCUT2D eigenvalue weighted by Crippen LogP contribution is -2.56. The van der Waals surface area contributed by atoms with Gasteiger partial charge < -0.3 is 13.0 Å². The van der Waals surface area contributed by atoms with Gasteiger partial charge >= 0.3 is 17.4 Å². The molecule has 0 amide bonds. The maximum atomic E-state index is 15.5. The standard InChI is InChI=1S/C40H42F5NO7S3/c41-39(42,43)35(52-36(47)37-18-24-11-25(19-37)13-26(12-24)20-37)40(44,45)55(48,49)46-56(50,51)53-32-6-9-33(10-7-32)54(34-8-5-30-3-1-2-4-31(30)17-34)38-21-27-14-28(22-38)16-29(15-27)23-38/h1-10,17,24-29,35H,11-16,18-23H2. The van der Waals surface area contributed by atoms with Crippen LogP contribution in [-0.2, 0) is 40.8 Å². The summed E-state index contributed by atoms with van der Waals surface area (Å²) in [4.78, 5) is 15.2. The molecule has 302 valence electrons. The molecule has 16 heteroatoms. The number of alkyl halides is 5. The summed E-state index contributed by atoms with van der Waals surface area (Å²) >= 11 is 0. The molecule has 8 bridgehead atoms. The van der Waals surface area contributed by atoms with Crippen molar-refractivity contribution in [3.63, 3.8) is 0 Å². The molecule has 2 atom stereocenters. The van der Waals surface area contributed by atoms with Crippen LogP contribution in [0.1, 0.15) is 77.0 Å². The molecule has 8 saturated carbocycles. The Morgan fingerprint density at radius 1 is 0.679 bits per heavy atom. The van der Waals surface area contributed by atoms with Crippen molar-refractivity contribution in [3.8, 4) is 5.75 Å². The van der Waals surface area contributed by atoms with Crippen LogP contribution in [0, 0.1) is 40.9 Å². The molecule has 0 heterocycles. The lowest BCUT2D eigenvalue weighted by Gasteiger charge is -2.55. The van der Waals surface area contributed by atoms with Crippen molar-refractivity contribution in [3.05, 3.63) is 70.9 Å². The lowest BCUT2D eigenvalue weighted by molar-refractivity contribution is -0.265. The maximum absolute atomic E-state index is 15.5. The number of hydrogen-bond donors (Lipinski definition) is 0. The summed E-state index contributed by atoms with van der Waals surface area (Å²) in [6.07, 6.45) is -0.883. The molecule has 0 saturated heterocycles. The van der Waals surface area contributed by atoms with Gasteiger partial charge in [-0.15, -0.1) is 0 Å². The summed E-state index contributed by atoms with van der Waals surface area (Å²) in [6, 6.07) is 20.3. The Kier molecular flexibility index (Phi) is 9.15. The van der Waals surface area contributed by atoms with E-state index < -0.39 is 65.9 Å². The molecule has 0 spiro atoms. The highest BCUT2D eigenvalue weighted by Gasteiger charge is 2.66. The van der Waals surface area contributed by atoms with E-state index in [2.05, 4.69) is 27.1 Å². The molecule has 8 aliphatic carbocycles. The van der Waals surface area contributed by atoms with Crippen LogP contribution in [0.2, 0.25) is 0 Å². The van der Waals surface area contributed by atoms with Gasteiger partial charge in [0.2, 0.25) is 10.3 Å². The first-order chi connectivity index (χ1) is 26.3. The van der Waals surface area contributed by atoms with E-state index in [0.717, 1.165) is 59.1 Å². The highest BCUT2D eigenvalue weighted by atomic mass is 32.3. The number of sulfonamides is 1. The minimum atomic E-state index is -6.84. The fourth-order valence-electron chi connectivity index (χ4n) is 12.2. The van der Waals surface area contributed by atoms with Gasteiger partial charge in [0.05, 0.1) is 16.3 Å². The number of halogens is 5. The first-order valence-electron chi connectivity index (χ1n) is 19.2. The average Bonchev–Trinajstić information content (AvgIpc) is 3.09. The van der Waals surface area contributed by atoms with Gasteiger partial charge in [-0.05, 0) is 140 Å². The van der Waals surface area contributed by atoms with Gasteiger partial charge in [-0.3, -0.25) is 4.79 Å². The van der Waals surface area contributed by atoms with Gasteiger partial charge in [0.15, 0.2) is 19.8 Å². The lowest BCUT2D eigenvalue weighted by atomic mass is 9.49. The van der Waals surface area contributed by atoms with E-state index in [0.29, 0.717) is 17.8 Å². The van der Waals surface area contributed by atoms with Crippen LogP contribution < -0.4 is 4.18 Å². The number of nitrogens with zero attached hydrogens (tertiary/aromatic N) is 1. The molecule has 0 radical (unpaired) electrons. The predicted octanol–water partition coefficient (Wildman–Crippen LogP) is 9.46. The number of hydrogen-bond acceptors (Lipinski definition) is 7. The monoisotopic (exact) mass is 839 g/mol. The molecule has 8 fully saturated rings. The van der Waals surface area contributed by atoms with Crippen LogP contribution in [-0.4, -0.2) is 45.1 Å². The Bertz CT molecular complexity index is 2190. The molecule has 8 aliphatic rings. The summed E-state index contributed by atoms with van der Waals surface area (Å²) in [6.45, 7) is 0. The van der Waals surface area contributed by atoms with Crippen LogP contribution in [0.4, 0.5) is 22.0 Å². The van der Waals surface area contributed by atoms with Crippen molar-refractivity contribution < 1.29 is 52.5 Å². The number of carbonyl (C=O) groups excluding carboxylic acids is 1. The van der Waals surface area contributed by atoms with Crippen molar-refractivity contribution in [2.24, 2.45) is 40.9 Å². The molecule has 0 N–H and O–H groups in total. The summed E-state index contributed by atoms with van der Waals surface area (Å²) in [5.74, 6) is -0.0210. The van der Waals surface area contributed by atoms with E-state index in [1.807, 2.05) is 24.3 Å².